The third-order valence-electron chi connectivity index (χ3n) is 3.82. The van der Waals surface area contributed by atoms with Gasteiger partial charge in [0.15, 0.2) is 0 Å². The molecule has 0 aromatic heterocycles. The number of anilines is 3. The summed E-state index contributed by atoms with van der Waals surface area (Å²) < 4.78 is 4.77. The number of para-hydroxylation sites is 1. The highest BCUT2D eigenvalue weighted by Crippen LogP contribution is 2.34. The average Bonchev–Trinajstić information content (AvgIpc) is 2.63. The second-order valence-electron chi connectivity index (χ2n) is 5.55. The molecule has 3 heteroatoms. The fourth-order valence-electron chi connectivity index (χ4n) is 2.66. The van der Waals surface area contributed by atoms with E-state index in [0.29, 0.717) is 5.56 Å². The van der Waals surface area contributed by atoms with Crippen molar-refractivity contribution < 1.29 is 9.53 Å². The highest BCUT2D eigenvalue weighted by atomic mass is 16.5. The van der Waals surface area contributed by atoms with Crippen molar-refractivity contribution in [3.05, 3.63) is 90.0 Å². The molecule has 0 spiro atoms. The lowest BCUT2D eigenvalue weighted by Gasteiger charge is -2.25. The molecule has 0 aliphatic heterocycles. The van der Waals surface area contributed by atoms with Gasteiger partial charge in [0.05, 0.1) is 12.7 Å². The van der Waals surface area contributed by atoms with Crippen molar-refractivity contribution in [2.75, 3.05) is 12.0 Å². The summed E-state index contributed by atoms with van der Waals surface area (Å²) >= 11 is 0. The molecular weight excluding hydrogens is 298 g/mol. The van der Waals surface area contributed by atoms with E-state index in [2.05, 4.69) is 42.2 Å². The molecule has 24 heavy (non-hydrogen) atoms. The van der Waals surface area contributed by atoms with Crippen LogP contribution in [0.5, 0.6) is 0 Å². The maximum Gasteiger partial charge on any atom is 0.337 e. The first-order chi connectivity index (χ1) is 11.7. The van der Waals surface area contributed by atoms with Crippen LogP contribution in [0, 0.1) is 6.92 Å². The normalized spacial score (nSPS) is 10.2. The molecule has 3 rings (SSSR count). The van der Waals surface area contributed by atoms with E-state index in [4.69, 9.17) is 4.74 Å². The van der Waals surface area contributed by atoms with Crippen molar-refractivity contribution in [1.29, 1.82) is 0 Å². The second kappa shape index (κ2) is 7.01. The summed E-state index contributed by atoms with van der Waals surface area (Å²) in [5, 5.41) is 0. The Morgan fingerprint density at radius 3 is 2.04 bits per heavy atom. The van der Waals surface area contributed by atoms with E-state index in [1.54, 1.807) is 12.1 Å². The van der Waals surface area contributed by atoms with Crippen LogP contribution < -0.4 is 4.90 Å². The largest absolute Gasteiger partial charge is 0.465 e. The van der Waals surface area contributed by atoms with Gasteiger partial charge in [0.2, 0.25) is 0 Å². The van der Waals surface area contributed by atoms with Gasteiger partial charge in [-0.15, -0.1) is 0 Å². The summed E-state index contributed by atoms with van der Waals surface area (Å²) in [7, 11) is 1.39. The van der Waals surface area contributed by atoms with E-state index < -0.39 is 0 Å². The van der Waals surface area contributed by atoms with Crippen LogP contribution in [0.15, 0.2) is 78.9 Å². The molecule has 0 radical (unpaired) electrons. The van der Waals surface area contributed by atoms with Crippen molar-refractivity contribution in [3.63, 3.8) is 0 Å². The van der Waals surface area contributed by atoms with Gasteiger partial charge in [-0.05, 0) is 61.0 Å². The Bertz CT molecular complexity index is 826. The zero-order chi connectivity index (χ0) is 16.9. The van der Waals surface area contributed by atoms with Crippen LogP contribution in [0.25, 0.3) is 0 Å². The van der Waals surface area contributed by atoms with E-state index >= 15 is 0 Å². The molecule has 0 unspecified atom stereocenters. The first-order valence-electron chi connectivity index (χ1n) is 7.79. The third-order valence-corrected chi connectivity index (χ3v) is 3.82. The summed E-state index contributed by atoms with van der Waals surface area (Å²) in [6.07, 6.45) is 0. The minimum Gasteiger partial charge on any atom is -0.465 e. The lowest BCUT2D eigenvalue weighted by Crippen LogP contribution is -2.10. The van der Waals surface area contributed by atoms with Gasteiger partial charge in [-0.2, -0.15) is 0 Å². The van der Waals surface area contributed by atoms with Gasteiger partial charge in [-0.1, -0.05) is 30.3 Å². The van der Waals surface area contributed by atoms with Crippen molar-refractivity contribution in [3.8, 4) is 0 Å². The number of ether oxygens (including phenoxy) is 1. The number of aryl methyl sites for hydroxylation is 1. The molecule has 0 aliphatic carbocycles. The quantitative estimate of drug-likeness (QED) is 0.615. The Hall–Kier alpha value is -3.07. The Morgan fingerprint density at radius 1 is 0.792 bits per heavy atom. The van der Waals surface area contributed by atoms with Crippen LogP contribution in [0.2, 0.25) is 0 Å². The SMILES string of the molecule is COC(=O)c1ccc(N(c2ccccc2)c2cccc(C)c2)cc1. The predicted molar refractivity (Wildman–Crippen MR) is 97.2 cm³/mol. The van der Waals surface area contributed by atoms with E-state index in [9.17, 15) is 4.79 Å². The molecule has 3 nitrogen and oxygen atoms in total. The molecule has 0 saturated heterocycles. The summed E-state index contributed by atoms with van der Waals surface area (Å²) in [6.45, 7) is 2.08. The first kappa shape index (κ1) is 15.8. The van der Waals surface area contributed by atoms with Gasteiger partial charge < -0.3 is 9.64 Å². The third kappa shape index (κ3) is 3.30. The van der Waals surface area contributed by atoms with Crippen molar-refractivity contribution in [2.24, 2.45) is 0 Å². The Morgan fingerprint density at radius 2 is 1.42 bits per heavy atom. The molecule has 120 valence electrons. The molecule has 3 aromatic rings. The monoisotopic (exact) mass is 317 g/mol. The Balaban J connectivity index is 2.07. The summed E-state index contributed by atoms with van der Waals surface area (Å²) in [5.74, 6) is -0.330. The smallest absolute Gasteiger partial charge is 0.337 e. The number of carbonyl (C=O) groups excluding carboxylic acids is 1. The van der Waals surface area contributed by atoms with Crippen LogP contribution >= 0.6 is 0 Å². The predicted octanol–water partition coefficient (Wildman–Crippen LogP) is 5.25. The van der Waals surface area contributed by atoms with Gasteiger partial charge in [0.25, 0.3) is 0 Å². The average molecular weight is 317 g/mol. The summed E-state index contributed by atoms with van der Waals surface area (Å²) in [4.78, 5) is 13.8. The second-order valence-corrected chi connectivity index (χ2v) is 5.55. The number of nitrogens with zero attached hydrogens (tertiary/aromatic N) is 1. The Labute approximate surface area is 142 Å². The standard InChI is InChI=1S/C21H19NO2/c1-16-7-6-10-20(15-16)22(18-8-4-3-5-9-18)19-13-11-17(12-14-19)21(23)24-2/h3-15H,1-2H3. The molecule has 0 fully saturated rings. The molecule has 0 saturated carbocycles. The fourth-order valence-corrected chi connectivity index (χ4v) is 2.66. The van der Waals surface area contributed by atoms with E-state index in [1.165, 1.54) is 12.7 Å². The van der Waals surface area contributed by atoms with Gasteiger partial charge >= 0.3 is 5.97 Å². The topological polar surface area (TPSA) is 29.5 Å². The van der Waals surface area contributed by atoms with Gasteiger partial charge in [0.1, 0.15) is 0 Å². The summed E-state index contributed by atoms with van der Waals surface area (Å²) in [6, 6.07) is 25.9. The molecule has 0 N–H and O–H groups in total. The molecule has 0 bridgehead atoms. The fraction of sp³-hybridized carbons (Fsp3) is 0.0952. The van der Waals surface area contributed by atoms with Gasteiger partial charge in [-0.25, -0.2) is 4.79 Å². The number of benzene rings is 3. The van der Waals surface area contributed by atoms with Gasteiger partial charge in [0, 0.05) is 17.1 Å². The van der Waals surface area contributed by atoms with Crippen LogP contribution in [-0.2, 0) is 4.74 Å². The highest BCUT2D eigenvalue weighted by Gasteiger charge is 2.13. The van der Waals surface area contributed by atoms with Crippen LogP contribution in [0.3, 0.4) is 0 Å². The molecule has 0 amide bonds. The molecule has 0 aliphatic rings. The maximum atomic E-state index is 11.6. The molecule has 3 aromatic carbocycles. The number of methoxy groups -OCH3 is 1. The van der Waals surface area contributed by atoms with Gasteiger partial charge in [-0.3, -0.25) is 0 Å². The van der Waals surface area contributed by atoms with Crippen molar-refractivity contribution in [2.45, 2.75) is 6.92 Å². The van der Waals surface area contributed by atoms with E-state index in [1.807, 2.05) is 36.4 Å². The lowest BCUT2D eigenvalue weighted by molar-refractivity contribution is 0.0601. The number of carbonyl (C=O) groups is 1. The number of rotatable bonds is 4. The van der Waals surface area contributed by atoms with E-state index in [-0.39, 0.29) is 5.97 Å². The first-order valence-corrected chi connectivity index (χ1v) is 7.79. The highest BCUT2D eigenvalue weighted by molar-refractivity contribution is 5.90. The maximum absolute atomic E-state index is 11.6. The van der Waals surface area contributed by atoms with E-state index in [0.717, 1.165) is 17.1 Å². The van der Waals surface area contributed by atoms with Crippen LogP contribution in [0.1, 0.15) is 15.9 Å². The Kier molecular flexibility index (Phi) is 4.62. The minimum atomic E-state index is -0.330. The number of hydrogen-bond acceptors (Lipinski definition) is 3. The molecular formula is C21H19NO2. The summed E-state index contributed by atoms with van der Waals surface area (Å²) in [5.41, 5.74) is 4.86. The van der Waals surface area contributed by atoms with Crippen molar-refractivity contribution in [1.82, 2.24) is 0 Å². The van der Waals surface area contributed by atoms with Crippen LogP contribution in [0.4, 0.5) is 17.1 Å². The zero-order valence-corrected chi connectivity index (χ0v) is 13.8. The molecule has 0 heterocycles. The van der Waals surface area contributed by atoms with Crippen molar-refractivity contribution >= 4 is 23.0 Å². The van der Waals surface area contributed by atoms with Crippen LogP contribution in [-0.4, -0.2) is 13.1 Å². The minimum absolute atomic E-state index is 0.330. The number of esters is 1. The molecule has 0 atom stereocenters. The zero-order valence-electron chi connectivity index (χ0n) is 13.8. The lowest BCUT2D eigenvalue weighted by atomic mass is 10.1. The number of hydrogen-bond donors (Lipinski definition) is 0.